The van der Waals surface area contributed by atoms with Crippen LogP contribution in [0.2, 0.25) is 0 Å². The normalized spacial score (nSPS) is 11.4. The van der Waals surface area contributed by atoms with Gasteiger partial charge in [0.2, 0.25) is 11.7 Å². The average molecular weight is 435 g/mol. The van der Waals surface area contributed by atoms with Crippen LogP contribution in [-0.2, 0) is 34.2 Å². The van der Waals surface area contributed by atoms with Gasteiger partial charge in [-0.05, 0) is 11.1 Å². The topological polar surface area (TPSA) is 106 Å². The quantitative estimate of drug-likeness (QED) is 0.385. The predicted octanol–water partition coefficient (Wildman–Crippen LogP) is 2.25. The van der Waals surface area contributed by atoms with E-state index in [2.05, 4.69) is 9.97 Å². The van der Waals surface area contributed by atoms with Crippen molar-refractivity contribution in [3.05, 3.63) is 94.7 Å². The maximum Gasteiger partial charge on any atom is 0.357 e. The van der Waals surface area contributed by atoms with Crippen molar-refractivity contribution in [1.29, 1.82) is 0 Å². The van der Waals surface area contributed by atoms with Crippen LogP contribution in [0.15, 0.2) is 77.9 Å². The van der Waals surface area contributed by atoms with Gasteiger partial charge < -0.3 is 19.9 Å². The van der Waals surface area contributed by atoms with E-state index in [-0.39, 0.29) is 18.8 Å². The molecule has 0 bridgehead atoms. The van der Waals surface area contributed by atoms with Crippen LogP contribution >= 0.6 is 0 Å². The third-order valence-electron chi connectivity index (χ3n) is 4.78. The molecule has 2 N–H and O–H groups in total. The minimum atomic E-state index is -0.486. The van der Waals surface area contributed by atoms with E-state index in [1.54, 1.807) is 17.0 Å². The molecule has 9 heteroatoms. The highest BCUT2D eigenvalue weighted by Crippen LogP contribution is 2.08. The number of imidazole rings is 1. The summed E-state index contributed by atoms with van der Waals surface area (Å²) in [5.74, 6) is 0.278. The van der Waals surface area contributed by atoms with Crippen molar-refractivity contribution in [3.8, 4) is 0 Å². The van der Waals surface area contributed by atoms with Gasteiger partial charge in [-0.2, -0.15) is 9.97 Å². The number of nitrogen functional groups attached to an aromatic ring is 1. The molecule has 0 amide bonds. The van der Waals surface area contributed by atoms with Crippen LogP contribution < -0.4 is 11.4 Å². The molecule has 0 radical (unpaired) electrons. The number of aromatic nitrogens is 4. The molecule has 2 aromatic carbocycles. The van der Waals surface area contributed by atoms with Crippen LogP contribution in [0.4, 0.5) is 5.95 Å². The Hall–Kier alpha value is -3.53. The molecule has 0 spiro atoms. The summed E-state index contributed by atoms with van der Waals surface area (Å²) in [4.78, 5) is 19.7. The fourth-order valence-corrected chi connectivity index (χ4v) is 3.16. The summed E-state index contributed by atoms with van der Waals surface area (Å²) in [6, 6.07) is 19.9. The van der Waals surface area contributed by atoms with E-state index in [1.165, 1.54) is 4.40 Å². The molecule has 32 heavy (non-hydrogen) atoms. The number of ether oxygens (including phenoxy) is 3. The van der Waals surface area contributed by atoms with E-state index in [0.717, 1.165) is 11.1 Å². The van der Waals surface area contributed by atoms with Gasteiger partial charge in [0, 0.05) is 12.4 Å². The molecule has 0 saturated heterocycles. The number of anilines is 1. The Morgan fingerprint density at radius 3 is 2.03 bits per heavy atom. The third-order valence-corrected chi connectivity index (χ3v) is 4.78. The van der Waals surface area contributed by atoms with Crippen LogP contribution in [0, 0.1) is 0 Å². The molecule has 4 aromatic rings. The second-order valence-electron chi connectivity index (χ2n) is 7.22. The smallest absolute Gasteiger partial charge is 0.357 e. The van der Waals surface area contributed by atoms with Gasteiger partial charge in [0.25, 0.3) is 0 Å². The van der Waals surface area contributed by atoms with Gasteiger partial charge in [0.05, 0.1) is 26.4 Å². The summed E-state index contributed by atoms with van der Waals surface area (Å²) < 4.78 is 20.8. The lowest BCUT2D eigenvalue weighted by Gasteiger charge is -2.19. The lowest BCUT2D eigenvalue weighted by molar-refractivity contribution is -0.0866. The molecule has 0 atom stereocenters. The summed E-state index contributed by atoms with van der Waals surface area (Å²) in [6.45, 7) is 1.80. The number of hydrogen-bond donors (Lipinski definition) is 1. The lowest BCUT2D eigenvalue weighted by Crippen LogP contribution is -2.27. The number of fused-ring (bicyclic) bond motifs is 1. The fourth-order valence-electron chi connectivity index (χ4n) is 3.16. The van der Waals surface area contributed by atoms with Crippen LogP contribution in [0.1, 0.15) is 11.1 Å². The van der Waals surface area contributed by atoms with Gasteiger partial charge in [0.1, 0.15) is 12.8 Å². The van der Waals surface area contributed by atoms with Crippen molar-refractivity contribution >= 4 is 11.7 Å². The molecule has 166 valence electrons. The van der Waals surface area contributed by atoms with E-state index in [4.69, 9.17) is 19.9 Å². The highest BCUT2D eigenvalue weighted by molar-refractivity contribution is 5.34. The molecular weight excluding hydrogens is 410 g/mol. The molecule has 4 rings (SSSR count). The molecule has 0 aliphatic heterocycles. The summed E-state index contributed by atoms with van der Waals surface area (Å²) in [5.41, 5.74) is 7.30. The van der Waals surface area contributed by atoms with E-state index < -0.39 is 5.69 Å². The first kappa shape index (κ1) is 21.7. The Balaban J connectivity index is 1.37. The van der Waals surface area contributed by atoms with Gasteiger partial charge in [-0.15, -0.1) is 0 Å². The van der Waals surface area contributed by atoms with Crippen molar-refractivity contribution < 1.29 is 14.2 Å². The van der Waals surface area contributed by atoms with Crippen molar-refractivity contribution in [2.24, 2.45) is 0 Å². The fraction of sp³-hybridized carbons (Fsp3) is 0.261. The molecule has 0 fully saturated rings. The van der Waals surface area contributed by atoms with Gasteiger partial charge in [-0.3, -0.25) is 4.57 Å². The first-order valence-corrected chi connectivity index (χ1v) is 10.2. The van der Waals surface area contributed by atoms with Gasteiger partial charge in [0.15, 0.2) is 0 Å². The number of nitrogens with zero attached hydrogens (tertiary/aromatic N) is 4. The zero-order valence-electron chi connectivity index (χ0n) is 17.5. The Morgan fingerprint density at radius 2 is 1.44 bits per heavy atom. The summed E-state index contributed by atoms with van der Waals surface area (Å²) in [6.07, 6.45) is 2.95. The second-order valence-corrected chi connectivity index (χ2v) is 7.22. The molecule has 0 aliphatic rings. The molecule has 0 aliphatic carbocycles. The van der Waals surface area contributed by atoms with Crippen molar-refractivity contribution in [1.82, 2.24) is 18.9 Å². The average Bonchev–Trinajstić information content (AvgIpc) is 3.21. The lowest BCUT2D eigenvalue weighted by atomic mass is 10.2. The highest BCUT2D eigenvalue weighted by atomic mass is 16.6. The monoisotopic (exact) mass is 435 g/mol. The zero-order chi connectivity index (χ0) is 22.2. The Bertz CT molecular complexity index is 1130. The minimum absolute atomic E-state index is 0.0797. The first-order chi connectivity index (χ1) is 15.7. The number of nitrogens with two attached hydrogens (primary N) is 1. The second kappa shape index (κ2) is 10.7. The predicted molar refractivity (Wildman–Crippen MR) is 119 cm³/mol. The summed E-state index contributed by atoms with van der Waals surface area (Å²) in [7, 11) is 0. The van der Waals surface area contributed by atoms with E-state index in [0.29, 0.717) is 32.2 Å². The van der Waals surface area contributed by atoms with E-state index in [9.17, 15) is 4.79 Å². The number of rotatable bonds is 11. The van der Waals surface area contributed by atoms with Gasteiger partial charge in [-0.25, -0.2) is 9.20 Å². The van der Waals surface area contributed by atoms with Gasteiger partial charge in [-0.1, -0.05) is 60.7 Å². The maximum absolute atomic E-state index is 11.9. The molecule has 0 saturated carbocycles. The molecule has 2 aromatic heterocycles. The van der Waals surface area contributed by atoms with E-state index >= 15 is 0 Å². The molecule has 2 heterocycles. The maximum atomic E-state index is 11.9. The minimum Gasteiger partial charge on any atom is -0.374 e. The number of benzene rings is 2. The largest absolute Gasteiger partial charge is 0.374 e. The number of hydrogen-bond acceptors (Lipinski definition) is 7. The summed E-state index contributed by atoms with van der Waals surface area (Å²) in [5, 5.41) is 0. The van der Waals surface area contributed by atoms with E-state index in [1.807, 2.05) is 60.7 Å². The molecule has 9 nitrogen and oxygen atoms in total. The highest BCUT2D eigenvalue weighted by Gasteiger charge is 2.13. The Morgan fingerprint density at radius 1 is 0.844 bits per heavy atom. The van der Waals surface area contributed by atoms with Crippen LogP contribution in [0.3, 0.4) is 0 Å². The first-order valence-electron chi connectivity index (χ1n) is 10.2. The van der Waals surface area contributed by atoms with Crippen molar-refractivity contribution in [2.45, 2.75) is 26.0 Å². The standard InChI is InChI=1S/C23H25N5O4/c24-21-25-22-27(11-12-28(22)23(29)26-21)17-32-20(15-30-13-18-7-3-1-4-8-18)16-31-14-19-9-5-2-6-10-19/h1-12,20H,13-17H2,(H2,24,26,29). The third kappa shape index (κ3) is 5.79. The Labute approximate surface area is 185 Å². The van der Waals surface area contributed by atoms with Crippen molar-refractivity contribution in [3.63, 3.8) is 0 Å². The SMILES string of the molecule is Nc1nc(=O)n2ccn(COC(COCc3ccccc3)COCc3ccccc3)c2n1. The Kier molecular flexibility index (Phi) is 7.23. The van der Waals surface area contributed by atoms with Gasteiger partial charge >= 0.3 is 5.69 Å². The van der Waals surface area contributed by atoms with Crippen LogP contribution in [-0.4, -0.2) is 38.3 Å². The van der Waals surface area contributed by atoms with Crippen LogP contribution in [0.5, 0.6) is 0 Å². The zero-order valence-corrected chi connectivity index (χ0v) is 17.5. The molecule has 0 unspecified atom stereocenters. The molecular formula is C23H25N5O4. The van der Waals surface area contributed by atoms with Crippen molar-refractivity contribution in [2.75, 3.05) is 18.9 Å². The summed E-state index contributed by atoms with van der Waals surface area (Å²) >= 11 is 0. The van der Waals surface area contributed by atoms with Crippen LogP contribution in [0.25, 0.3) is 5.78 Å².